The zero-order valence-electron chi connectivity index (χ0n) is 11.7. The van der Waals surface area contributed by atoms with E-state index in [0.29, 0.717) is 12.0 Å². The summed E-state index contributed by atoms with van der Waals surface area (Å²) < 4.78 is 41.8. The Morgan fingerprint density at radius 1 is 1.29 bits per heavy atom. The number of rotatable bonds is 5. The van der Waals surface area contributed by atoms with Gasteiger partial charge in [-0.3, -0.25) is 4.90 Å². The highest BCUT2D eigenvalue weighted by molar-refractivity contribution is 5.36. The molecule has 21 heavy (non-hydrogen) atoms. The van der Waals surface area contributed by atoms with Crippen molar-refractivity contribution in [3.63, 3.8) is 0 Å². The van der Waals surface area contributed by atoms with Gasteiger partial charge in [-0.2, -0.15) is 0 Å². The maximum Gasteiger partial charge on any atom is 0.573 e. The molecule has 1 heterocycles. The van der Waals surface area contributed by atoms with E-state index in [2.05, 4.69) is 21.5 Å². The summed E-state index contributed by atoms with van der Waals surface area (Å²) in [6.45, 7) is 6.96. The van der Waals surface area contributed by atoms with Gasteiger partial charge >= 0.3 is 6.36 Å². The van der Waals surface area contributed by atoms with Crippen molar-refractivity contribution in [2.24, 2.45) is 0 Å². The van der Waals surface area contributed by atoms with Gasteiger partial charge in [-0.1, -0.05) is 24.3 Å². The third kappa shape index (κ3) is 4.47. The first kappa shape index (κ1) is 15.9. The molecule has 6 heteroatoms. The molecule has 1 aliphatic rings. The number of para-hydroxylation sites is 1. The van der Waals surface area contributed by atoms with Crippen molar-refractivity contribution in [2.75, 3.05) is 26.2 Å². The van der Waals surface area contributed by atoms with Crippen LogP contribution in [0.15, 0.2) is 36.9 Å². The monoisotopic (exact) mass is 300 g/mol. The van der Waals surface area contributed by atoms with E-state index < -0.39 is 6.36 Å². The Hall–Kier alpha value is -1.53. The molecule has 1 aromatic rings. The predicted octanol–water partition coefficient (Wildman–Crippen LogP) is 3.11. The first-order chi connectivity index (χ1) is 10.0. The molecule has 1 N–H and O–H groups in total. The van der Waals surface area contributed by atoms with E-state index in [9.17, 15) is 13.2 Å². The van der Waals surface area contributed by atoms with Gasteiger partial charge in [0.15, 0.2) is 0 Å². The zero-order valence-corrected chi connectivity index (χ0v) is 11.7. The Balaban J connectivity index is 2.28. The van der Waals surface area contributed by atoms with Gasteiger partial charge in [0.25, 0.3) is 0 Å². The maximum atomic E-state index is 12.5. The van der Waals surface area contributed by atoms with Crippen molar-refractivity contribution in [1.82, 2.24) is 10.2 Å². The first-order valence-corrected chi connectivity index (χ1v) is 6.91. The van der Waals surface area contributed by atoms with Crippen LogP contribution in [0.4, 0.5) is 13.2 Å². The van der Waals surface area contributed by atoms with E-state index in [0.717, 1.165) is 26.2 Å². The quantitative estimate of drug-likeness (QED) is 0.846. The van der Waals surface area contributed by atoms with E-state index in [1.807, 2.05) is 0 Å². The molecule has 0 aromatic heterocycles. The van der Waals surface area contributed by atoms with Crippen molar-refractivity contribution >= 4 is 0 Å². The van der Waals surface area contributed by atoms with Crippen molar-refractivity contribution in [3.8, 4) is 5.75 Å². The summed E-state index contributed by atoms with van der Waals surface area (Å²) in [6, 6.07) is 6.19. The molecule has 0 bridgehead atoms. The molecule has 0 spiro atoms. The number of benzene rings is 1. The van der Waals surface area contributed by atoms with Gasteiger partial charge in [0.2, 0.25) is 0 Å². The minimum atomic E-state index is -4.68. The lowest BCUT2D eigenvalue weighted by molar-refractivity contribution is -0.275. The summed E-state index contributed by atoms with van der Waals surface area (Å²) in [6.07, 6.45) is -2.37. The Morgan fingerprint density at radius 2 is 1.95 bits per heavy atom. The van der Waals surface area contributed by atoms with Crippen molar-refractivity contribution in [2.45, 2.75) is 18.8 Å². The van der Waals surface area contributed by atoms with Gasteiger partial charge < -0.3 is 10.1 Å². The van der Waals surface area contributed by atoms with Crippen molar-refractivity contribution < 1.29 is 17.9 Å². The molecule has 2 rings (SSSR count). The number of piperazine rings is 1. The third-order valence-electron chi connectivity index (χ3n) is 3.49. The fourth-order valence-electron chi connectivity index (χ4n) is 2.60. The molecule has 3 nitrogen and oxygen atoms in total. The fraction of sp³-hybridized carbons (Fsp3) is 0.467. The molecule has 1 aromatic carbocycles. The van der Waals surface area contributed by atoms with E-state index in [1.54, 1.807) is 24.3 Å². The summed E-state index contributed by atoms with van der Waals surface area (Å²) >= 11 is 0. The van der Waals surface area contributed by atoms with Gasteiger partial charge in [-0.25, -0.2) is 0 Å². The maximum absolute atomic E-state index is 12.5. The molecule has 0 radical (unpaired) electrons. The molecule has 116 valence electrons. The van der Waals surface area contributed by atoms with Crippen LogP contribution in [0.3, 0.4) is 0 Å². The van der Waals surface area contributed by atoms with E-state index in [4.69, 9.17) is 0 Å². The van der Waals surface area contributed by atoms with Gasteiger partial charge in [-0.05, 0) is 12.5 Å². The number of nitrogens with zero attached hydrogens (tertiary/aromatic N) is 1. The second kappa shape index (κ2) is 6.95. The SMILES string of the molecule is C=CC[C@@H](c1ccccc1OC(F)(F)F)N1CCNCC1. The minimum Gasteiger partial charge on any atom is -0.405 e. The Kier molecular flexibility index (Phi) is 5.25. The molecule has 1 aliphatic heterocycles. The number of nitrogens with one attached hydrogen (secondary N) is 1. The standard InChI is InChI=1S/C15H19F3N2O/c1-2-5-13(20-10-8-19-9-11-20)12-6-3-4-7-14(12)21-15(16,17)18/h2-4,6-7,13,19H,1,5,8-11H2/t13-/m0/s1. The Bertz CT molecular complexity index is 470. The fourth-order valence-corrected chi connectivity index (χ4v) is 2.60. The van der Waals surface area contributed by atoms with Crippen LogP contribution < -0.4 is 10.1 Å². The van der Waals surface area contributed by atoms with Crippen LogP contribution in [0.25, 0.3) is 0 Å². The highest BCUT2D eigenvalue weighted by atomic mass is 19.4. The molecule has 0 aliphatic carbocycles. The van der Waals surface area contributed by atoms with E-state index in [-0.39, 0.29) is 11.8 Å². The molecule has 0 saturated carbocycles. The van der Waals surface area contributed by atoms with Crippen LogP contribution in [-0.4, -0.2) is 37.4 Å². The average Bonchev–Trinajstić information content (AvgIpc) is 2.45. The van der Waals surface area contributed by atoms with Crippen LogP contribution in [0.5, 0.6) is 5.75 Å². The zero-order chi connectivity index (χ0) is 15.3. The van der Waals surface area contributed by atoms with Gasteiger partial charge in [-0.15, -0.1) is 19.8 Å². The molecule has 1 fully saturated rings. The first-order valence-electron chi connectivity index (χ1n) is 6.91. The minimum absolute atomic E-state index is 0.129. The molecule has 1 atom stereocenters. The predicted molar refractivity (Wildman–Crippen MR) is 75.1 cm³/mol. The highest BCUT2D eigenvalue weighted by Gasteiger charge is 2.33. The van der Waals surface area contributed by atoms with E-state index in [1.165, 1.54) is 6.07 Å². The van der Waals surface area contributed by atoms with Gasteiger partial charge in [0, 0.05) is 37.8 Å². The molecular formula is C15H19F3N2O. The number of halogens is 3. The molecule has 0 unspecified atom stereocenters. The number of hydrogen-bond donors (Lipinski definition) is 1. The van der Waals surface area contributed by atoms with Gasteiger partial charge in [0.1, 0.15) is 5.75 Å². The van der Waals surface area contributed by atoms with Crippen LogP contribution in [0.2, 0.25) is 0 Å². The largest absolute Gasteiger partial charge is 0.573 e. The van der Waals surface area contributed by atoms with Crippen LogP contribution in [0.1, 0.15) is 18.0 Å². The van der Waals surface area contributed by atoms with Crippen molar-refractivity contribution in [1.29, 1.82) is 0 Å². The smallest absolute Gasteiger partial charge is 0.405 e. The lowest BCUT2D eigenvalue weighted by Crippen LogP contribution is -2.45. The lowest BCUT2D eigenvalue weighted by Gasteiger charge is -2.35. The normalized spacial score (nSPS) is 18.2. The van der Waals surface area contributed by atoms with Gasteiger partial charge in [0.05, 0.1) is 0 Å². The Morgan fingerprint density at radius 3 is 2.57 bits per heavy atom. The summed E-state index contributed by atoms with van der Waals surface area (Å²) in [4.78, 5) is 2.16. The Labute approximate surface area is 122 Å². The van der Waals surface area contributed by atoms with Crippen LogP contribution in [0, 0.1) is 0 Å². The summed E-state index contributed by atoms with van der Waals surface area (Å²) in [5.74, 6) is -0.129. The second-order valence-electron chi connectivity index (χ2n) is 4.91. The topological polar surface area (TPSA) is 24.5 Å². The van der Waals surface area contributed by atoms with Crippen molar-refractivity contribution in [3.05, 3.63) is 42.5 Å². The number of ether oxygens (including phenoxy) is 1. The average molecular weight is 300 g/mol. The number of alkyl halides is 3. The molecule has 0 amide bonds. The summed E-state index contributed by atoms with van der Waals surface area (Å²) in [5, 5.41) is 3.24. The molecule has 1 saturated heterocycles. The lowest BCUT2D eigenvalue weighted by atomic mass is 10.00. The van der Waals surface area contributed by atoms with Crippen LogP contribution >= 0.6 is 0 Å². The third-order valence-corrected chi connectivity index (χ3v) is 3.49. The summed E-state index contributed by atoms with van der Waals surface area (Å²) in [5.41, 5.74) is 0.552. The van der Waals surface area contributed by atoms with Crippen LogP contribution in [-0.2, 0) is 0 Å². The number of hydrogen-bond acceptors (Lipinski definition) is 3. The second-order valence-corrected chi connectivity index (χ2v) is 4.91. The van der Waals surface area contributed by atoms with E-state index >= 15 is 0 Å². The highest BCUT2D eigenvalue weighted by Crippen LogP contribution is 2.35. The molecular weight excluding hydrogens is 281 g/mol. The summed E-state index contributed by atoms with van der Waals surface area (Å²) in [7, 11) is 0.